The molecule has 0 bridgehead atoms. The molecule has 0 aromatic carbocycles. The predicted octanol–water partition coefficient (Wildman–Crippen LogP) is 0.884. The molecule has 0 spiro atoms. The lowest BCUT2D eigenvalue weighted by Gasteiger charge is -2.28. The molecule has 0 radical (unpaired) electrons. The summed E-state index contributed by atoms with van der Waals surface area (Å²) in [5.41, 5.74) is -1.70. The first-order chi connectivity index (χ1) is 8.21. The number of ether oxygens (including phenoxy) is 1. The molecule has 4 atom stereocenters. The van der Waals surface area contributed by atoms with Crippen molar-refractivity contribution in [1.82, 2.24) is 0 Å². The van der Waals surface area contributed by atoms with Gasteiger partial charge in [0.1, 0.15) is 0 Å². The SMILES string of the molecule is CCOC(=O)C(C)(CC(C)O[PH](=O)O)O[PH](=O)O. The third-order valence-electron chi connectivity index (χ3n) is 2.00. The second kappa shape index (κ2) is 8.04. The van der Waals surface area contributed by atoms with Gasteiger partial charge in [-0.25, -0.2) is 4.79 Å². The molecule has 0 aromatic rings. The van der Waals surface area contributed by atoms with Gasteiger partial charge >= 0.3 is 22.5 Å². The Labute approximate surface area is 106 Å². The third-order valence-corrected chi connectivity index (χ3v) is 3.23. The quantitative estimate of drug-likeness (QED) is 0.501. The van der Waals surface area contributed by atoms with E-state index < -0.39 is 34.2 Å². The smallest absolute Gasteiger partial charge is 0.338 e. The van der Waals surface area contributed by atoms with E-state index in [-0.39, 0.29) is 13.0 Å². The minimum atomic E-state index is -3.37. The summed E-state index contributed by atoms with van der Waals surface area (Å²) in [5, 5.41) is 0. The molecule has 0 saturated carbocycles. The summed E-state index contributed by atoms with van der Waals surface area (Å²) in [4.78, 5) is 29.0. The maximum atomic E-state index is 11.7. The van der Waals surface area contributed by atoms with Gasteiger partial charge in [-0.3, -0.25) is 13.7 Å². The Kier molecular flexibility index (Phi) is 7.94. The second-order valence-electron chi connectivity index (χ2n) is 3.72. The summed E-state index contributed by atoms with van der Waals surface area (Å²) in [6.07, 6.45) is -0.989. The minimum absolute atomic E-state index is 0.0793. The first-order valence-corrected chi connectivity index (χ1v) is 7.72. The van der Waals surface area contributed by atoms with Gasteiger partial charge in [-0.2, -0.15) is 0 Å². The van der Waals surface area contributed by atoms with Crippen molar-refractivity contribution in [3.63, 3.8) is 0 Å². The Morgan fingerprint density at radius 3 is 2.28 bits per heavy atom. The number of carbonyl (C=O) groups excluding carboxylic acids is 1. The van der Waals surface area contributed by atoms with Crippen molar-refractivity contribution in [2.45, 2.75) is 38.9 Å². The Morgan fingerprint density at radius 2 is 1.89 bits per heavy atom. The molecule has 0 aliphatic carbocycles. The standard InChI is InChI=1S/C8H18O8P2/c1-4-14-7(9)8(3,16-18(12)13)5-6(2)15-17(10)11/h6,17-18H,4-5H2,1-3H3,(H,10,11)(H,12,13). The molecule has 0 amide bonds. The number of esters is 1. The Morgan fingerprint density at radius 1 is 1.33 bits per heavy atom. The van der Waals surface area contributed by atoms with Crippen molar-refractivity contribution >= 4 is 22.5 Å². The van der Waals surface area contributed by atoms with Gasteiger partial charge < -0.3 is 19.0 Å². The molecule has 0 aromatic heterocycles. The van der Waals surface area contributed by atoms with Crippen molar-refractivity contribution in [3.05, 3.63) is 0 Å². The van der Waals surface area contributed by atoms with Crippen molar-refractivity contribution in [1.29, 1.82) is 0 Å². The molecule has 10 heteroatoms. The molecular formula is C8H18O8P2. The lowest BCUT2D eigenvalue weighted by molar-refractivity contribution is -0.162. The van der Waals surface area contributed by atoms with Crippen LogP contribution < -0.4 is 0 Å². The third kappa shape index (κ3) is 6.64. The summed E-state index contributed by atoms with van der Waals surface area (Å²) in [5.74, 6) is -0.828. The Hall–Kier alpha value is -0.230. The van der Waals surface area contributed by atoms with Crippen molar-refractivity contribution in [2.75, 3.05) is 6.61 Å². The van der Waals surface area contributed by atoms with Gasteiger partial charge in [0.25, 0.3) is 0 Å². The maximum Gasteiger partial charge on any atom is 0.338 e. The van der Waals surface area contributed by atoms with Crippen LogP contribution in [-0.4, -0.2) is 34.1 Å². The molecule has 18 heavy (non-hydrogen) atoms. The second-order valence-corrected chi connectivity index (χ2v) is 5.22. The topological polar surface area (TPSA) is 119 Å². The van der Waals surface area contributed by atoms with Crippen LogP contribution in [0.1, 0.15) is 27.2 Å². The van der Waals surface area contributed by atoms with E-state index >= 15 is 0 Å². The zero-order chi connectivity index (χ0) is 14.3. The van der Waals surface area contributed by atoms with Crippen LogP contribution in [0.5, 0.6) is 0 Å². The summed E-state index contributed by atoms with van der Waals surface area (Å²) < 4.78 is 35.3. The van der Waals surface area contributed by atoms with Gasteiger partial charge in [-0.1, -0.05) is 0 Å². The molecule has 0 fully saturated rings. The van der Waals surface area contributed by atoms with E-state index in [0.717, 1.165) is 0 Å². The molecule has 0 heterocycles. The van der Waals surface area contributed by atoms with Crippen LogP contribution in [0, 0.1) is 0 Å². The molecule has 8 nitrogen and oxygen atoms in total. The van der Waals surface area contributed by atoms with E-state index in [1.165, 1.54) is 13.8 Å². The number of hydrogen-bond donors (Lipinski definition) is 2. The first kappa shape index (κ1) is 17.8. The molecule has 2 N–H and O–H groups in total. The molecular weight excluding hydrogens is 286 g/mol. The van der Waals surface area contributed by atoms with Crippen LogP contribution in [0.4, 0.5) is 0 Å². The predicted molar refractivity (Wildman–Crippen MR) is 63.7 cm³/mol. The van der Waals surface area contributed by atoms with Crippen LogP contribution in [0.3, 0.4) is 0 Å². The highest BCUT2D eigenvalue weighted by Gasteiger charge is 2.39. The van der Waals surface area contributed by atoms with Crippen LogP contribution in [0.25, 0.3) is 0 Å². The maximum absolute atomic E-state index is 11.7. The van der Waals surface area contributed by atoms with Crippen LogP contribution in [0.2, 0.25) is 0 Å². The molecule has 108 valence electrons. The number of carbonyl (C=O) groups is 1. The van der Waals surface area contributed by atoms with Gasteiger partial charge in [-0.15, -0.1) is 0 Å². The summed E-state index contributed by atoms with van der Waals surface area (Å²) >= 11 is 0. The average molecular weight is 304 g/mol. The average Bonchev–Trinajstić information content (AvgIpc) is 2.14. The summed E-state index contributed by atoms with van der Waals surface area (Å²) in [6.45, 7) is 4.36. The highest BCUT2D eigenvalue weighted by molar-refractivity contribution is 7.32. The first-order valence-electron chi connectivity index (χ1n) is 5.20. The van der Waals surface area contributed by atoms with Gasteiger partial charge in [0.05, 0.1) is 12.7 Å². The monoisotopic (exact) mass is 304 g/mol. The molecule has 4 unspecified atom stereocenters. The van der Waals surface area contributed by atoms with E-state index in [2.05, 4.69) is 9.05 Å². The van der Waals surface area contributed by atoms with E-state index in [9.17, 15) is 13.9 Å². The lowest BCUT2D eigenvalue weighted by atomic mass is 9.99. The summed E-state index contributed by atoms with van der Waals surface area (Å²) in [7, 11) is -6.53. The largest absolute Gasteiger partial charge is 0.464 e. The normalized spacial score (nSPS) is 19.6. The van der Waals surface area contributed by atoms with Crippen LogP contribution in [-0.2, 0) is 27.7 Å². The number of rotatable bonds is 8. The van der Waals surface area contributed by atoms with Crippen LogP contribution in [0.15, 0.2) is 0 Å². The van der Waals surface area contributed by atoms with E-state index in [1.807, 2.05) is 0 Å². The molecule has 0 aliphatic heterocycles. The van der Waals surface area contributed by atoms with Crippen molar-refractivity contribution < 1.29 is 37.5 Å². The van der Waals surface area contributed by atoms with Gasteiger partial charge in [0, 0.05) is 6.42 Å². The van der Waals surface area contributed by atoms with Crippen molar-refractivity contribution in [3.8, 4) is 0 Å². The Balaban J connectivity index is 4.80. The Bertz CT molecular complexity index is 333. The summed E-state index contributed by atoms with van der Waals surface area (Å²) in [6, 6.07) is 0. The minimum Gasteiger partial charge on any atom is -0.464 e. The molecule has 0 aliphatic rings. The van der Waals surface area contributed by atoms with Crippen LogP contribution >= 0.6 is 16.5 Å². The fourth-order valence-electron chi connectivity index (χ4n) is 1.41. The van der Waals surface area contributed by atoms with E-state index in [4.69, 9.17) is 14.5 Å². The highest BCUT2D eigenvalue weighted by atomic mass is 31.1. The van der Waals surface area contributed by atoms with E-state index in [0.29, 0.717) is 0 Å². The zero-order valence-electron chi connectivity index (χ0n) is 10.3. The molecule has 0 saturated heterocycles. The number of hydrogen-bond acceptors (Lipinski definition) is 6. The van der Waals surface area contributed by atoms with Gasteiger partial charge in [0.2, 0.25) is 0 Å². The van der Waals surface area contributed by atoms with Gasteiger partial charge in [0.15, 0.2) is 5.60 Å². The van der Waals surface area contributed by atoms with E-state index in [1.54, 1.807) is 6.92 Å². The fourth-order valence-corrected chi connectivity index (χ4v) is 2.39. The van der Waals surface area contributed by atoms with Gasteiger partial charge in [-0.05, 0) is 20.8 Å². The highest BCUT2D eigenvalue weighted by Crippen LogP contribution is 2.33. The fraction of sp³-hybridized carbons (Fsp3) is 0.875. The molecule has 0 rings (SSSR count). The lowest BCUT2D eigenvalue weighted by Crippen LogP contribution is -2.41. The zero-order valence-corrected chi connectivity index (χ0v) is 12.3. The van der Waals surface area contributed by atoms with Crippen molar-refractivity contribution in [2.24, 2.45) is 0 Å².